The largest absolute Gasteiger partial charge is 0.310 e. The van der Waals surface area contributed by atoms with E-state index >= 15 is 0 Å². The third-order valence-electron chi connectivity index (χ3n) is 3.62. The second-order valence-electron chi connectivity index (χ2n) is 5.65. The number of hydrogen-bond donors (Lipinski definition) is 1. The Labute approximate surface area is 156 Å². The van der Waals surface area contributed by atoms with E-state index in [4.69, 9.17) is 11.6 Å². The van der Waals surface area contributed by atoms with Crippen molar-refractivity contribution in [3.8, 4) is 0 Å². The monoisotopic (exact) mass is 371 g/mol. The van der Waals surface area contributed by atoms with E-state index in [1.54, 1.807) is 16.9 Å². The lowest BCUT2D eigenvalue weighted by atomic mass is 10.2. The molecular weight excluding hydrogens is 354 g/mol. The van der Waals surface area contributed by atoms with E-state index in [9.17, 15) is 4.79 Å². The van der Waals surface area contributed by atoms with E-state index in [0.717, 1.165) is 10.5 Å². The molecule has 0 aliphatic carbocycles. The van der Waals surface area contributed by atoms with E-state index in [1.165, 1.54) is 17.3 Å². The van der Waals surface area contributed by atoms with Crippen LogP contribution in [0.1, 0.15) is 11.1 Å². The van der Waals surface area contributed by atoms with Gasteiger partial charge in [-0.15, -0.1) is 11.8 Å². The number of carbonyl (C=O) groups is 1. The maximum atomic E-state index is 12.2. The van der Waals surface area contributed by atoms with Crippen LogP contribution in [-0.4, -0.2) is 21.4 Å². The highest BCUT2D eigenvalue weighted by molar-refractivity contribution is 8.00. The lowest BCUT2D eigenvalue weighted by Gasteiger charge is -2.09. The number of hydrogen-bond acceptors (Lipinski definition) is 3. The molecule has 0 aliphatic rings. The minimum atomic E-state index is -0.0524. The molecular formula is C19H18ClN3OS. The summed E-state index contributed by atoms with van der Waals surface area (Å²) in [6.07, 6.45) is 1.68. The van der Waals surface area contributed by atoms with Gasteiger partial charge in [-0.3, -0.25) is 4.79 Å². The zero-order valence-corrected chi connectivity index (χ0v) is 15.3. The first kappa shape index (κ1) is 17.6. The molecule has 0 saturated heterocycles. The van der Waals surface area contributed by atoms with Gasteiger partial charge in [-0.25, -0.2) is 4.68 Å². The predicted octanol–water partition coefficient (Wildman–Crippen LogP) is 4.62. The lowest BCUT2D eigenvalue weighted by Crippen LogP contribution is -2.17. The number of nitrogens with zero attached hydrogens (tertiary/aromatic N) is 2. The van der Waals surface area contributed by atoms with Gasteiger partial charge in [0.05, 0.1) is 18.5 Å². The molecule has 0 spiro atoms. The molecule has 0 unspecified atom stereocenters. The number of thioether (sulfide) groups is 1. The van der Waals surface area contributed by atoms with E-state index in [-0.39, 0.29) is 5.91 Å². The van der Waals surface area contributed by atoms with Crippen molar-refractivity contribution < 1.29 is 4.79 Å². The molecule has 4 nitrogen and oxygen atoms in total. The molecule has 0 radical (unpaired) electrons. The van der Waals surface area contributed by atoms with Gasteiger partial charge in [-0.1, -0.05) is 41.4 Å². The van der Waals surface area contributed by atoms with Crippen LogP contribution in [0.3, 0.4) is 0 Å². The summed E-state index contributed by atoms with van der Waals surface area (Å²) >= 11 is 7.42. The van der Waals surface area contributed by atoms with E-state index in [0.29, 0.717) is 23.1 Å². The Morgan fingerprint density at radius 1 is 1.12 bits per heavy atom. The minimum Gasteiger partial charge on any atom is -0.310 e. The number of amides is 1. The molecule has 1 N–H and O–H groups in total. The second kappa shape index (κ2) is 8.23. The molecule has 1 amide bonds. The van der Waals surface area contributed by atoms with Gasteiger partial charge in [0.15, 0.2) is 0 Å². The van der Waals surface area contributed by atoms with Crippen molar-refractivity contribution in [3.63, 3.8) is 0 Å². The highest BCUT2D eigenvalue weighted by Gasteiger charge is 2.08. The van der Waals surface area contributed by atoms with Gasteiger partial charge in [0, 0.05) is 16.0 Å². The van der Waals surface area contributed by atoms with Crippen molar-refractivity contribution >= 4 is 35.1 Å². The quantitative estimate of drug-likeness (QED) is 0.643. The Morgan fingerprint density at radius 2 is 1.84 bits per heavy atom. The van der Waals surface area contributed by atoms with Gasteiger partial charge in [0.1, 0.15) is 5.82 Å². The van der Waals surface area contributed by atoms with Crippen LogP contribution >= 0.6 is 23.4 Å². The fourth-order valence-electron chi connectivity index (χ4n) is 2.29. The molecule has 128 valence electrons. The van der Waals surface area contributed by atoms with Crippen molar-refractivity contribution in [3.05, 3.63) is 76.9 Å². The number of carbonyl (C=O) groups excluding carboxylic acids is 1. The highest BCUT2D eigenvalue weighted by atomic mass is 35.5. The van der Waals surface area contributed by atoms with E-state index < -0.39 is 0 Å². The summed E-state index contributed by atoms with van der Waals surface area (Å²) in [5.74, 6) is 0.989. The number of anilines is 1. The zero-order chi connectivity index (χ0) is 17.6. The molecule has 0 atom stereocenters. The van der Waals surface area contributed by atoms with Crippen molar-refractivity contribution in [2.45, 2.75) is 18.4 Å². The first-order chi connectivity index (χ1) is 12.1. The van der Waals surface area contributed by atoms with Crippen LogP contribution in [0.4, 0.5) is 5.82 Å². The molecule has 3 rings (SSSR count). The second-order valence-corrected chi connectivity index (χ2v) is 7.14. The molecule has 1 heterocycles. The Morgan fingerprint density at radius 3 is 2.56 bits per heavy atom. The summed E-state index contributed by atoms with van der Waals surface area (Å²) in [5, 5.41) is 7.90. The number of aromatic nitrogens is 2. The molecule has 2 aromatic carbocycles. The first-order valence-corrected chi connectivity index (χ1v) is 9.22. The lowest BCUT2D eigenvalue weighted by molar-refractivity contribution is -0.113. The molecule has 1 aromatic heterocycles. The Kier molecular flexibility index (Phi) is 5.79. The Hall–Kier alpha value is -2.24. The van der Waals surface area contributed by atoms with E-state index in [1.807, 2.05) is 55.5 Å². The molecule has 3 aromatic rings. The van der Waals surface area contributed by atoms with Crippen LogP contribution in [0.25, 0.3) is 0 Å². The van der Waals surface area contributed by atoms with Crippen LogP contribution in [0.2, 0.25) is 5.02 Å². The van der Waals surface area contributed by atoms with Crippen LogP contribution in [-0.2, 0) is 11.3 Å². The summed E-state index contributed by atoms with van der Waals surface area (Å²) in [4.78, 5) is 13.3. The molecule has 6 heteroatoms. The number of aryl methyl sites for hydroxylation is 1. The first-order valence-electron chi connectivity index (χ1n) is 7.86. The van der Waals surface area contributed by atoms with Crippen molar-refractivity contribution in [2.24, 2.45) is 0 Å². The predicted molar refractivity (Wildman–Crippen MR) is 103 cm³/mol. The number of rotatable bonds is 6. The standard InChI is InChI=1S/C19H18ClN3OS/c1-14-2-8-17(9-3-14)25-13-19(24)22-18-10-11-21-23(18)12-15-4-6-16(20)7-5-15/h2-11H,12-13H2,1H3,(H,22,24). The van der Waals surface area contributed by atoms with Crippen LogP contribution in [0.15, 0.2) is 65.7 Å². The van der Waals surface area contributed by atoms with Crippen molar-refractivity contribution in [2.75, 3.05) is 11.1 Å². The van der Waals surface area contributed by atoms with E-state index in [2.05, 4.69) is 10.4 Å². The van der Waals surface area contributed by atoms with Gasteiger partial charge >= 0.3 is 0 Å². The molecule has 0 bridgehead atoms. The topological polar surface area (TPSA) is 46.9 Å². The van der Waals surface area contributed by atoms with Crippen LogP contribution in [0.5, 0.6) is 0 Å². The van der Waals surface area contributed by atoms with Gasteiger partial charge in [-0.2, -0.15) is 5.10 Å². The van der Waals surface area contributed by atoms with Crippen LogP contribution in [0, 0.1) is 6.92 Å². The number of halogens is 1. The summed E-state index contributed by atoms with van der Waals surface area (Å²) in [6, 6.07) is 17.5. The van der Waals surface area contributed by atoms with Crippen molar-refractivity contribution in [1.29, 1.82) is 0 Å². The SMILES string of the molecule is Cc1ccc(SCC(=O)Nc2ccnn2Cc2ccc(Cl)cc2)cc1. The van der Waals surface area contributed by atoms with Gasteiger partial charge in [0.25, 0.3) is 0 Å². The van der Waals surface area contributed by atoms with Gasteiger partial charge in [-0.05, 0) is 36.8 Å². The summed E-state index contributed by atoms with van der Waals surface area (Å²) in [7, 11) is 0. The fraction of sp³-hybridized carbons (Fsp3) is 0.158. The Bertz CT molecular complexity index is 844. The summed E-state index contributed by atoms with van der Waals surface area (Å²) in [6.45, 7) is 2.62. The average molecular weight is 372 g/mol. The zero-order valence-electron chi connectivity index (χ0n) is 13.8. The van der Waals surface area contributed by atoms with Crippen molar-refractivity contribution in [1.82, 2.24) is 9.78 Å². The number of nitrogens with one attached hydrogen (secondary N) is 1. The molecule has 0 saturated carbocycles. The molecule has 25 heavy (non-hydrogen) atoms. The maximum absolute atomic E-state index is 12.2. The normalized spacial score (nSPS) is 10.6. The third-order valence-corrected chi connectivity index (χ3v) is 4.88. The summed E-state index contributed by atoms with van der Waals surface area (Å²) < 4.78 is 1.76. The Balaban J connectivity index is 1.57. The van der Waals surface area contributed by atoms with Gasteiger partial charge in [0.2, 0.25) is 5.91 Å². The van der Waals surface area contributed by atoms with Gasteiger partial charge < -0.3 is 5.32 Å². The summed E-state index contributed by atoms with van der Waals surface area (Å²) in [5.41, 5.74) is 2.28. The molecule has 0 aliphatic heterocycles. The minimum absolute atomic E-state index is 0.0524. The number of benzene rings is 2. The highest BCUT2D eigenvalue weighted by Crippen LogP contribution is 2.19. The maximum Gasteiger partial charge on any atom is 0.235 e. The van der Waals surface area contributed by atoms with Crippen LogP contribution < -0.4 is 5.32 Å². The molecule has 0 fully saturated rings. The smallest absolute Gasteiger partial charge is 0.235 e. The average Bonchev–Trinajstić information content (AvgIpc) is 3.03. The third kappa shape index (κ3) is 5.11. The fourth-order valence-corrected chi connectivity index (χ4v) is 3.11.